The highest BCUT2D eigenvalue weighted by Crippen LogP contribution is 2.29. The zero-order valence-electron chi connectivity index (χ0n) is 14.7. The normalized spacial score (nSPS) is 12.8. The number of nitrogens with one attached hydrogen (secondary N) is 2. The Balaban J connectivity index is 1.43. The van der Waals surface area contributed by atoms with Crippen LogP contribution in [0.1, 0.15) is 11.0 Å². The standard InChI is InChI=1S/C20H23N3O2S/c1-21-20(22-11-12-25-16-8-3-2-4-9-16)23-14-17(24)19-13-15-7-5-6-10-18(15)26-19/h2-10,13,17,24H,11-12,14H2,1H3,(H2,21,22,23). The van der Waals surface area contributed by atoms with Crippen molar-refractivity contribution in [1.29, 1.82) is 0 Å². The molecular weight excluding hydrogens is 346 g/mol. The van der Waals surface area contributed by atoms with E-state index in [1.165, 1.54) is 4.70 Å². The lowest BCUT2D eigenvalue weighted by Gasteiger charge is -2.15. The van der Waals surface area contributed by atoms with Gasteiger partial charge in [0.15, 0.2) is 5.96 Å². The summed E-state index contributed by atoms with van der Waals surface area (Å²) in [5, 5.41) is 17.9. The highest BCUT2D eigenvalue weighted by molar-refractivity contribution is 7.19. The quantitative estimate of drug-likeness (QED) is 0.340. The second-order valence-corrected chi connectivity index (χ2v) is 6.86. The Morgan fingerprint density at radius 3 is 2.65 bits per heavy atom. The summed E-state index contributed by atoms with van der Waals surface area (Å²) in [5.41, 5.74) is 0. The summed E-state index contributed by atoms with van der Waals surface area (Å²) in [6.07, 6.45) is -0.577. The molecule has 136 valence electrons. The number of guanidine groups is 1. The lowest BCUT2D eigenvalue weighted by atomic mass is 10.2. The Morgan fingerprint density at radius 2 is 1.88 bits per heavy atom. The van der Waals surface area contributed by atoms with Gasteiger partial charge in [0.2, 0.25) is 0 Å². The van der Waals surface area contributed by atoms with Gasteiger partial charge in [-0.15, -0.1) is 11.3 Å². The highest BCUT2D eigenvalue weighted by Gasteiger charge is 2.12. The first-order chi connectivity index (χ1) is 12.8. The molecule has 0 bridgehead atoms. The third-order valence-corrected chi connectivity index (χ3v) is 5.08. The largest absolute Gasteiger partial charge is 0.492 e. The molecule has 0 radical (unpaired) electrons. The molecule has 0 spiro atoms. The van der Waals surface area contributed by atoms with Crippen molar-refractivity contribution in [2.24, 2.45) is 4.99 Å². The van der Waals surface area contributed by atoms with Crippen molar-refractivity contribution < 1.29 is 9.84 Å². The minimum atomic E-state index is -0.577. The molecule has 1 unspecified atom stereocenters. The van der Waals surface area contributed by atoms with Gasteiger partial charge < -0.3 is 20.5 Å². The lowest BCUT2D eigenvalue weighted by Crippen LogP contribution is -2.41. The minimum absolute atomic E-state index is 0.395. The molecule has 0 aliphatic rings. The van der Waals surface area contributed by atoms with Crippen LogP contribution in [0, 0.1) is 0 Å². The molecule has 0 aliphatic heterocycles. The van der Waals surface area contributed by atoms with Crippen LogP contribution in [0.4, 0.5) is 0 Å². The Bertz CT molecular complexity index is 815. The molecular formula is C20H23N3O2S. The number of thiophene rings is 1. The second kappa shape index (κ2) is 9.22. The number of para-hydroxylation sites is 1. The number of nitrogens with zero attached hydrogens (tertiary/aromatic N) is 1. The third kappa shape index (κ3) is 4.97. The zero-order chi connectivity index (χ0) is 18.2. The number of rotatable bonds is 7. The summed E-state index contributed by atoms with van der Waals surface area (Å²) >= 11 is 1.61. The number of ether oxygens (including phenoxy) is 1. The molecule has 3 N–H and O–H groups in total. The number of aliphatic hydroxyl groups is 1. The van der Waals surface area contributed by atoms with Gasteiger partial charge in [-0.25, -0.2) is 0 Å². The van der Waals surface area contributed by atoms with Crippen LogP contribution in [0.15, 0.2) is 65.7 Å². The first kappa shape index (κ1) is 18.2. The molecule has 6 heteroatoms. The van der Waals surface area contributed by atoms with Crippen LogP contribution in [0.3, 0.4) is 0 Å². The predicted molar refractivity (Wildman–Crippen MR) is 108 cm³/mol. The Hall–Kier alpha value is -2.57. The van der Waals surface area contributed by atoms with Crippen molar-refractivity contribution >= 4 is 27.4 Å². The Kier molecular flexibility index (Phi) is 6.46. The van der Waals surface area contributed by atoms with E-state index in [-0.39, 0.29) is 0 Å². The van der Waals surface area contributed by atoms with E-state index in [9.17, 15) is 5.11 Å². The number of hydrogen-bond acceptors (Lipinski definition) is 4. The van der Waals surface area contributed by atoms with Gasteiger partial charge in [0.05, 0.1) is 6.54 Å². The molecule has 3 aromatic rings. The maximum atomic E-state index is 10.4. The number of hydrogen-bond donors (Lipinski definition) is 3. The fourth-order valence-corrected chi connectivity index (χ4v) is 3.59. The molecule has 1 atom stereocenters. The van der Waals surface area contributed by atoms with Crippen LogP contribution in [-0.4, -0.2) is 37.8 Å². The number of fused-ring (bicyclic) bond motifs is 1. The van der Waals surface area contributed by atoms with E-state index in [4.69, 9.17) is 4.74 Å². The maximum Gasteiger partial charge on any atom is 0.191 e. The molecule has 0 aliphatic carbocycles. The van der Waals surface area contributed by atoms with Crippen molar-refractivity contribution in [3.8, 4) is 5.75 Å². The van der Waals surface area contributed by atoms with Gasteiger partial charge in [0.1, 0.15) is 18.5 Å². The highest BCUT2D eigenvalue weighted by atomic mass is 32.1. The summed E-state index contributed by atoms with van der Waals surface area (Å²) < 4.78 is 6.82. The van der Waals surface area contributed by atoms with Crippen molar-refractivity contribution in [2.75, 3.05) is 26.7 Å². The van der Waals surface area contributed by atoms with Crippen molar-refractivity contribution in [3.63, 3.8) is 0 Å². The third-order valence-electron chi connectivity index (χ3n) is 3.87. The molecule has 1 aromatic heterocycles. The van der Waals surface area contributed by atoms with Crippen LogP contribution in [0.2, 0.25) is 0 Å². The molecule has 0 saturated carbocycles. The first-order valence-corrected chi connectivity index (χ1v) is 9.37. The molecule has 5 nitrogen and oxygen atoms in total. The average Bonchev–Trinajstić information content (AvgIpc) is 3.12. The van der Waals surface area contributed by atoms with E-state index in [1.807, 2.05) is 48.5 Å². The summed E-state index contributed by atoms with van der Waals surface area (Å²) in [6.45, 7) is 1.54. The average molecular weight is 369 g/mol. The van der Waals surface area contributed by atoms with E-state index >= 15 is 0 Å². The topological polar surface area (TPSA) is 65.9 Å². The first-order valence-electron chi connectivity index (χ1n) is 8.55. The molecule has 0 saturated heterocycles. The summed E-state index contributed by atoms with van der Waals surface area (Å²) in [5.74, 6) is 1.49. The summed E-state index contributed by atoms with van der Waals surface area (Å²) in [7, 11) is 1.71. The fourth-order valence-electron chi connectivity index (χ4n) is 2.54. The van der Waals surface area contributed by atoms with Crippen LogP contribution in [0.5, 0.6) is 5.75 Å². The minimum Gasteiger partial charge on any atom is -0.492 e. The lowest BCUT2D eigenvalue weighted by molar-refractivity contribution is 0.184. The van der Waals surface area contributed by atoms with Gasteiger partial charge in [-0.1, -0.05) is 36.4 Å². The zero-order valence-corrected chi connectivity index (χ0v) is 15.5. The fraction of sp³-hybridized carbons (Fsp3) is 0.250. The molecule has 3 rings (SSSR count). The van der Waals surface area contributed by atoms with Gasteiger partial charge in [0.25, 0.3) is 0 Å². The SMILES string of the molecule is CN=C(NCCOc1ccccc1)NCC(O)c1cc2ccccc2s1. The van der Waals surface area contributed by atoms with Crippen LogP contribution in [-0.2, 0) is 0 Å². The Morgan fingerprint density at radius 1 is 1.12 bits per heavy atom. The summed E-state index contributed by atoms with van der Waals surface area (Å²) in [6, 6.07) is 19.9. The molecule has 1 heterocycles. The van der Waals surface area contributed by atoms with Gasteiger partial charge in [-0.05, 0) is 29.7 Å². The molecule has 26 heavy (non-hydrogen) atoms. The summed E-state index contributed by atoms with van der Waals surface area (Å²) in [4.78, 5) is 5.12. The maximum absolute atomic E-state index is 10.4. The number of benzene rings is 2. The van der Waals surface area contributed by atoms with E-state index in [2.05, 4.69) is 27.8 Å². The van der Waals surface area contributed by atoms with Crippen LogP contribution < -0.4 is 15.4 Å². The van der Waals surface area contributed by atoms with E-state index in [1.54, 1.807) is 18.4 Å². The van der Waals surface area contributed by atoms with Crippen molar-refractivity contribution in [1.82, 2.24) is 10.6 Å². The van der Waals surface area contributed by atoms with Gasteiger partial charge in [0, 0.05) is 23.2 Å². The monoisotopic (exact) mass is 369 g/mol. The van der Waals surface area contributed by atoms with Gasteiger partial charge >= 0.3 is 0 Å². The van der Waals surface area contributed by atoms with Crippen molar-refractivity contribution in [3.05, 3.63) is 65.5 Å². The predicted octanol–water partition coefficient (Wildman–Crippen LogP) is 3.18. The molecule has 2 aromatic carbocycles. The Labute approximate surface area is 157 Å². The van der Waals surface area contributed by atoms with Gasteiger partial charge in [-0.2, -0.15) is 0 Å². The van der Waals surface area contributed by atoms with Crippen molar-refractivity contribution in [2.45, 2.75) is 6.10 Å². The van der Waals surface area contributed by atoms with E-state index in [0.29, 0.717) is 25.7 Å². The van der Waals surface area contributed by atoms with E-state index < -0.39 is 6.10 Å². The molecule has 0 fully saturated rings. The molecule has 0 amide bonds. The van der Waals surface area contributed by atoms with Crippen LogP contribution >= 0.6 is 11.3 Å². The van der Waals surface area contributed by atoms with Crippen LogP contribution in [0.25, 0.3) is 10.1 Å². The second-order valence-electron chi connectivity index (χ2n) is 5.74. The number of aliphatic hydroxyl groups excluding tert-OH is 1. The van der Waals surface area contributed by atoms with Gasteiger partial charge in [-0.3, -0.25) is 4.99 Å². The number of aliphatic imine (C=N–C) groups is 1. The smallest absolute Gasteiger partial charge is 0.191 e. The van der Waals surface area contributed by atoms with E-state index in [0.717, 1.165) is 16.0 Å².